The maximum Gasteiger partial charge on any atom is 0.173 e. The van der Waals surface area contributed by atoms with E-state index in [0.29, 0.717) is 17.7 Å². The van der Waals surface area contributed by atoms with E-state index in [0.717, 1.165) is 5.56 Å². The lowest BCUT2D eigenvalue weighted by Gasteiger charge is -2.10. The van der Waals surface area contributed by atoms with Gasteiger partial charge < -0.3 is 9.47 Å². The molecular formula is C17H21ClO4. The lowest BCUT2D eigenvalue weighted by Crippen LogP contribution is -2.13. The van der Waals surface area contributed by atoms with E-state index in [-0.39, 0.29) is 30.5 Å². The predicted molar refractivity (Wildman–Crippen MR) is 86.7 cm³/mol. The molecule has 0 fully saturated rings. The number of Topliss-reactive ketones (excluding diaryl/α,β-unsaturated/α-hetero) is 2. The molecule has 0 amide bonds. The molecular weight excluding hydrogens is 304 g/mol. The van der Waals surface area contributed by atoms with E-state index in [1.165, 1.54) is 12.6 Å². The summed E-state index contributed by atoms with van der Waals surface area (Å²) in [6, 6.07) is 5.30. The van der Waals surface area contributed by atoms with Crippen LogP contribution in [-0.2, 0) is 9.53 Å². The minimum Gasteiger partial charge on any atom is -0.496 e. The number of halogens is 1. The molecule has 5 heteroatoms. The summed E-state index contributed by atoms with van der Waals surface area (Å²) in [5.74, 6) is 0.138. The second kappa shape index (κ2) is 9.38. The molecule has 1 aromatic rings. The summed E-state index contributed by atoms with van der Waals surface area (Å²) in [6.45, 7) is 1.91. The molecule has 0 radical (unpaired) electrons. The molecule has 1 atom stereocenters. The highest BCUT2D eigenvalue weighted by Crippen LogP contribution is 2.22. The first-order chi connectivity index (χ1) is 10.5. The van der Waals surface area contributed by atoms with E-state index in [9.17, 15) is 9.59 Å². The number of ketones is 2. The number of ether oxygens (including phenoxy) is 2. The smallest absolute Gasteiger partial charge is 0.173 e. The summed E-state index contributed by atoms with van der Waals surface area (Å²) in [5.41, 5.74) is 2.79. The molecule has 0 saturated heterocycles. The average molecular weight is 325 g/mol. The van der Waals surface area contributed by atoms with Crippen molar-refractivity contribution >= 4 is 23.2 Å². The molecule has 0 aromatic heterocycles. The Kier molecular flexibility index (Phi) is 7.85. The van der Waals surface area contributed by atoms with Gasteiger partial charge in [-0.05, 0) is 37.1 Å². The molecule has 0 saturated carbocycles. The first kappa shape index (κ1) is 18.4. The number of methoxy groups -OCH3 is 2. The maximum atomic E-state index is 12.2. The van der Waals surface area contributed by atoms with Gasteiger partial charge in [-0.2, -0.15) is 0 Å². The molecule has 4 nitrogen and oxygen atoms in total. The number of rotatable bonds is 9. The van der Waals surface area contributed by atoms with Crippen molar-refractivity contribution in [2.24, 2.45) is 0 Å². The second-order valence-electron chi connectivity index (χ2n) is 4.97. The lowest BCUT2D eigenvalue weighted by atomic mass is 10.0. The SMILES string of the molecule is COc1cc(C)ccc1C(=O)CC(=O)CCC(/C=C\Cl)OC. The van der Waals surface area contributed by atoms with Crippen LogP contribution in [0.5, 0.6) is 5.75 Å². The van der Waals surface area contributed by atoms with Gasteiger partial charge in [0.2, 0.25) is 0 Å². The van der Waals surface area contributed by atoms with Crippen LogP contribution in [0.1, 0.15) is 35.2 Å². The quantitative estimate of drug-likeness (QED) is 0.513. The van der Waals surface area contributed by atoms with Crippen molar-refractivity contribution in [2.45, 2.75) is 32.3 Å². The third-order valence-electron chi connectivity index (χ3n) is 3.31. The highest BCUT2D eigenvalue weighted by Gasteiger charge is 2.17. The zero-order valence-corrected chi connectivity index (χ0v) is 13.9. The predicted octanol–water partition coefficient (Wildman–Crippen LogP) is 3.69. The van der Waals surface area contributed by atoms with Crippen LogP contribution in [0.3, 0.4) is 0 Å². The van der Waals surface area contributed by atoms with Gasteiger partial charge in [-0.15, -0.1) is 0 Å². The largest absolute Gasteiger partial charge is 0.496 e. The Balaban J connectivity index is 2.63. The lowest BCUT2D eigenvalue weighted by molar-refractivity contribution is -0.118. The van der Waals surface area contributed by atoms with Crippen molar-refractivity contribution in [2.75, 3.05) is 14.2 Å². The Morgan fingerprint density at radius 2 is 2.05 bits per heavy atom. The first-order valence-electron chi connectivity index (χ1n) is 7.01. The summed E-state index contributed by atoms with van der Waals surface area (Å²) in [7, 11) is 3.06. The molecule has 0 aliphatic rings. The number of benzene rings is 1. The van der Waals surface area contributed by atoms with Gasteiger partial charge in [0.25, 0.3) is 0 Å². The molecule has 22 heavy (non-hydrogen) atoms. The summed E-state index contributed by atoms with van der Waals surface area (Å²) in [6.07, 6.45) is 2.07. The Morgan fingerprint density at radius 1 is 1.32 bits per heavy atom. The highest BCUT2D eigenvalue weighted by atomic mass is 35.5. The number of hydrogen-bond acceptors (Lipinski definition) is 4. The molecule has 1 rings (SSSR count). The average Bonchev–Trinajstić information content (AvgIpc) is 2.50. The van der Waals surface area contributed by atoms with E-state index >= 15 is 0 Å². The molecule has 1 aromatic carbocycles. The first-order valence-corrected chi connectivity index (χ1v) is 7.44. The van der Waals surface area contributed by atoms with Crippen molar-refractivity contribution in [1.29, 1.82) is 0 Å². The molecule has 0 aliphatic carbocycles. The van der Waals surface area contributed by atoms with Gasteiger partial charge in [-0.1, -0.05) is 17.7 Å². The number of aryl methyl sites for hydroxylation is 1. The second-order valence-corrected chi connectivity index (χ2v) is 5.23. The zero-order valence-electron chi connectivity index (χ0n) is 13.1. The Morgan fingerprint density at radius 3 is 2.64 bits per heavy atom. The van der Waals surface area contributed by atoms with E-state index < -0.39 is 0 Å². The number of hydrogen-bond donors (Lipinski definition) is 0. The molecule has 0 heterocycles. The van der Waals surface area contributed by atoms with Crippen LogP contribution in [0.15, 0.2) is 29.8 Å². The van der Waals surface area contributed by atoms with Crippen LogP contribution < -0.4 is 4.74 Å². The standard InChI is InChI=1S/C17H21ClO4/c1-12-4-7-15(17(10-12)22-3)16(20)11-13(19)5-6-14(21-2)8-9-18/h4,7-10,14H,5-6,11H2,1-3H3/b9-8-. The fourth-order valence-electron chi connectivity index (χ4n) is 2.07. The third kappa shape index (κ3) is 5.62. The Labute approximate surface area is 136 Å². The van der Waals surface area contributed by atoms with Crippen molar-refractivity contribution < 1.29 is 19.1 Å². The van der Waals surface area contributed by atoms with Crippen LogP contribution in [-0.4, -0.2) is 31.9 Å². The summed E-state index contributed by atoms with van der Waals surface area (Å²) >= 11 is 5.49. The van der Waals surface area contributed by atoms with E-state index in [4.69, 9.17) is 21.1 Å². The van der Waals surface area contributed by atoms with Crippen LogP contribution >= 0.6 is 11.6 Å². The summed E-state index contributed by atoms with van der Waals surface area (Å²) < 4.78 is 10.4. The fraction of sp³-hybridized carbons (Fsp3) is 0.412. The van der Waals surface area contributed by atoms with Crippen molar-refractivity contribution in [3.05, 3.63) is 40.9 Å². The molecule has 0 aliphatic heterocycles. The van der Waals surface area contributed by atoms with Crippen LogP contribution in [0, 0.1) is 6.92 Å². The fourth-order valence-corrected chi connectivity index (χ4v) is 2.23. The van der Waals surface area contributed by atoms with Gasteiger partial charge in [0.1, 0.15) is 11.5 Å². The molecule has 0 bridgehead atoms. The maximum absolute atomic E-state index is 12.2. The van der Waals surface area contributed by atoms with Gasteiger partial charge >= 0.3 is 0 Å². The Hall–Kier alpha value is -1.65. The topological polar surface area (TPSA) is 52.6 Å². The van der Waals surface area contributed by atoms with Crippen LogP contribution in [0.25, 0.3) is 0 Å². The molecule has 0 N–H and O–H groups in total. The zero-order chi connectivity index (χ0) is 16.5. The van der Waals surface area contributed by atoms with Crippen molar-refractivity contribution in [3.63, 3.8) is 0 Å². The van der Waals surface area contributed by atoms with Gasteiger partial charge in [-0.3, -0.25) is 9.59 Å². The number of carbonyl (C=O) groups excluding carboxylic acids is 2. The van der Waals surface area contributed by atoms with E-state index in [1.54, 1.807) is 25.3 Å². The van der Waals surface area contributed by atoms with Crippen LogP contribution in [0.2, 0.25) is 0 Å². The minimum absolute atomic E-state index is 0.127. The van der Waals surface area contributed by atoms with Crippen molar-refractivity contribution in [1.82, 2.24) is 0 Å². The Bertz CT molecular complexity index is 552. The van der Waals surface area contributed by atoms with Gasteiger partial charge in [0, 0.05) is 19.1 Å². The van der Waals surface area contributed by atoms with Crippen molar-refractivity contribution in [3.8, 4) is 5.75 Å². The normalized spacial score (nSPS) is 12.4. The van der Waals surface area contributed by atoms with Gasteiger partial charge in [0.15, 0.2) is 5.78 Å². The molecule has 120 valence electrons. The molecule has 1 unspecified atom stereocenters. The number of carbonyl (C=O) groups is 2. The minimum atomic E-state index is -0.233. The summed E-state index contributed by atoms with van der Waals surface area (Å²) in [5, 5.41) is 0. The van der Waals surface area contributed by atoms with E-state index in [2.05, 4.69) is 0 Å². The van der Waals surface area contributed by atoms with Crippen LogP contribution in [0.4, 0.5) is 0 Å². The monoisotopic (exact) mass is 324 g/mol. The third-order valence-corrected chi connectivity index (χ3v) is 3.46. The highest BCUT2D eigenvalue weighted by molar-refractivity contribution is 6.25. The molecule has 0 spiro atoms. The van der Waals surface area contributed by atoms with Gasteiger partial charge in [-0.25, -0.2) is 0 Å². The van der Waals surface area contributed by atoms with E-state index in [1.807, 2.05) is 13.0 Å². The summed E-state index contributed by atoms with van der Waals surface area (Å²) in [4.78, 5) is 24.2. The van der Waals surface area contributed by atoms with Gasteiger partial charge in [0.05, 0.1) is 25.2 Å².